The van der Waals surface area contributed by atoms with Gasteiger partial charge in [-0.25, -0.2) is 4.79 Å². The number of hydrogen-bond donors (Lipinski definition) is 3. The Balaban J connectivity index is 2.50. The Kier molecular flexibility index (Phi) is 4.51. The molecule has 0 saturated heterocycles. The maximum absolute atomic E-state index is 11.4. The van der Waals surface area contributed by atoms with Crippen LogP contribution >= 0.6 is 0 Å². The Labute approximate surface area is 99.8 Å². The third-order valence-electron chi connectivity index (χ3n) is 2.27. The number of carboxylic acid groups (broad SMARTS) is 1. The second-order valence-corrected chi connectivity index (χ2v) is 3.84. The molecule has 0 saturated carbocycles. The van der Waals surface area contributed by atoms with Gasteiger partial charge in [0.15, 0.2) is 0 Å². The molecule has 3 N–H and O–H groups in total. The summed E-state index contributed by atoms with van der Waals surface area (Å²) in [6, 6.07) is 5.36. The summed E-state index contributed by atoms with van der Waals surface area (Å²) < 4.78 is 0. The number of carboxylic acids is 1. The first-order chi connectivity index (χ1) is 7.99. The van der Waals surface area contributed by atoms with Gasteiger partial charge in [0.25, 0.3) is 0 Å². The molecular formula is C12H16N2O3. The second-order valence-electron chi connectivity index (χ2n) is 3.84. The summed E-state index contributed by atoms with van der Waals surface area (Å²) in [5, 5.41) is 13.6. The molecule has 5 nitrogen and oxygen atoms in total. The van der Waals surface area contributed by atoms with E-state index < -0.39 is 5.97 Å². The Morgan fingerprint density at radius 3 is 2.65 bits per heavy atom. The van der Waals surface area contributed by atoms with Gasteiger partial charge in [-0.3, -0.25) is 4.79 Å². The van der Waals surface area contributed by atoms with Crippen molar-refractivity contribution in [1.82, 2.24) is 5.32 Å². The van der Waals surface area contributed by atoms with Crippen molar-refractivity contribution < 1.29 is 14.7 Å². The molecule has 0 heterocycles. The molecule has 0 unspecified atom stereocenters. The van der Waals surface area contributed by atoms with E-state index in [1.54, 1.807) is 0 Å². The first-order valence-corrected chi connectivity index (χ1v) is 5.33. The fourth-order valence-electron chi connectivity index (χ4n) is 1.32. The normalized spacial score (nSPS) is 9.76. The molecule has 2 amide bonds. The van der Waals surface area contributed by atoms with Gasteiger partial charge in [0.2, 0.25) is 0 Å². The van der Waals surface area contributed by atoms with Crippen molar-refractivity contribution in [3.8, 4) is 0 Å². The SMILES string of the molecule is Cc1ccc(C)c(NC(=O)NCCC(=O)O)c1. The van der Waals surface area contributed by atoms with Crippen LogP contribution in [-0.4, -0.2) is 23.7 Å². The van der Waals surface area contributed by atoms with Gasteiger partial charge < -0.3 is 15.7 Å². The smallest absolute Gasteiger partial charge is 0.319 e. The lowest BCUT2D eigenvalue weighted by atomic mass is 10.1. The van der Waals surface area contributed by atoms with E-state index in [2.05, 4.69) is 10.6 Å². The second kappa shape index (κ2) is 5.89. The highest BCUT2D eigenvalue weighted by Gasteiger charge is 2.05. The molecule has 17 heavy (non-hydrogen) atoms. The van der Waals surface area contributed by atoms with Gasteiger partial charge in [-0.15, -0.1) is 0 Å². The zero-order valence-corrected chi connectivity index (χ0v) is 9.91. The predicted octanol–water partition coefficient (Wildman–Crippen LogP) is 1.90. The average Bonchev–Trinajstić information content (AvgIpc) is 2.23. The van der Waals surface area contributed by atoms with Gasteiger partial charge in [0.05, 0.1) is 6.42 Å². The number of carbonyl (C=O) groups excluding carboxylic acids is 1. The fraction of sp³-hybridized carbons (Fsp3) is 0.333. The number of benzene rings is 1. The van der Waals surface area contributed by atoms with Crippen molar-refractivity contribution >= 4 is 17.7 Å². The van der Waals surface area contributed by atoms with Crippen molar-refractivity contribution in [3.63, 3.8) is 0 Å². The molecule has 1 aromatic carbocycles. The molecule has 0 spiro atoms. The maximum Gasteiger partial charge on any atom is 0.319 e. The van der Waals surface area contributed by atoms with Gasteiger partial charge in [0.1, 0.15) is 0 Å². The van der Waals surface area contributed by atoms with E-state index in [0.717, 1.165) is 16.8 Å². The number of aliphatic carboxylic acids is 1. The minimum Gasteiger partial charge on any atom is -0.481 e. The summed E-state index contributed by atoms with van der Waals surface area (Å²) in [6.07, 6.45) is -0.0831. The lowest BCUT2D eigenvalue weighted by Gasteiger charge is -2.10. The van der Waals surface area contributed by atoms with Crippen LogP contribution in [0, 0.1) is 13.8 Å². The van der Waals surface area contributed by atoms with Crippen LogP contribution in [0.5, 0.6) is 0 Å². The quantitative estimate of drug-likeness (QED) is 0.747. The van der Waals surface area contributed by atoms with Crippen molar-refractivity contribution in [2.24, 2.45) is 0 Å². The predicted molar refractivity (Wildman–Crippen MR) is 65.2 cm³/mol. The lowest BCUT2D eigenvalue weighted by molar-refractivity contribution is -0.136. The third-order valence-corrected chi connectivity index (χ3v) is 2.27. The number of anilines is 1. The number of nitrogens with one attached hydrogen (secondary N) is 2. The molecule has 0 fully saturated rings. The molecular weight excluding hydrogens is 220 g/mol. The van der Waals surface area contributed by atoms with E-state index in [0.29, 0.717) is 0 Å². The number of urea groups is 1. The fourth-order valence-corrected chi connectivity index (χ4v) is 1.32. The van der Waals surface area contributed by atoms with Crippen LogP contribution in [0.1, 0.15) is 17.5 Å². The molecule has 1 aromatic rings. The van der Waals surface area contributed by atoms with Crippen molar-refractivity contribution in [3.05, 3.63) is 29.3 Å². The van der Waals surface area contributed by atoms with Crippen LogP contribution in [0.25, 0.3) is 0 Å². The van der Waals surface area contributed by atoms with Gasteiger partial charge in [-0.05, 0) is 31.0 Å². The van der Waals surface area contributed by atoms with Crippen LogP contribution in [0.4, 0.5) is 10.5 Å². The van der Waals surface area contributed by atoms with Crippen LogP contribution in [0.3, 0.4) is 0 Å². The van der Waals surface area contributed by atoms with Gasteiger partial charge in [-0.1, -0.05) is 12.1 Å². The first kappa shape index (κ1) is 13.0. The Morgan fingerprint density at radius 2 is 2.00 bits per heavy atom. The Hall–Kier alpha value is -2.04. The Bertz CT molecular complexity index is 430. The molecule has 0 atom stereocenters. The van der Waals surface area contributed by atoms with Crippen molar-refractivity contribution in [2.45, 2.75) is 20.3 Å². The highest BCUT2D eigenvalue weighted by atomic mass is 16.4. The summed E-state index contributed by atoms with van der Waals surface area (Å²) in [7, 11) is 0. The number of aryl methyl sites for hydroxylation is 2. The summed E-state index contributed by atoms with van der Waals surface area (Å²) in [5.41, 5.74) is 2.75. The van der Waals surface area contributed by atoms with E-state index in [-0.39, 0.29) is 19.0 Å². The Morgan fingerprint density at radius 1 is 1.29 bits per heavy atom. The van der Waals surface area contributed by atoms with Crippen molar-refractivity contribution in [1.29, 1.82) is 0 Å². The molecule has 5 heteroatoms. The first-order valence-electron chi connectivity index (χ1n) is 5.33. The van der Waals surface area contributed by atoms with Gasteiger partial charge in [0, 0.05) is 12.2 Å². The van der Waals surface area contributed by atoms with Gasteiger partial charge >= 0.3 is 12.0 Å². The summed E-state index contributed by atoms with van der Waals surface area (Å²) in [5.74, 6) is -0.933. The molecule has 92 valence electrons. The minimum atomic E-state index is -0.933. The van der Waals surface area contributed by atoms with E-state index in [1.165, 1.54) is 0 Å². The number of rotatable bonds is 4. The zero-order chi connectivity index (χ0) is 12.8. The number of carbonyl (C=O) groups is 2. The molecule has 0 aliphatic rings. The highest BCUT2D eigenvalue weighted by molar-refractivity contribution is 5.90. The maximum atomic E-state index is 11.4. The van der Waals surface area contributed by atoms with Gasteiger partial charge in [-0.2, -0.15) is 0 Å². The number of amides is 2. The molecule has 0 aliphatic heterocycles. The van der Waals surface area contributed by atoms with Crippen LogP contribution in [0.15, 0.2) is 18.2 Å². The van der Waals surface area contributed by atoms with Crippen LogP contribution < -0.4 is 10.6 Å². The molecule has 0 aliphatic carbocycles. The third kappa shape index (κ3) is 4.55. The summed E-state index contributed by atoms with van der Waals surface area (Å²) in [4.78, 5) is 21.7. The van der Waals surface area contributed by atoms with Crippen LogP contribution in [-0.2, 0) is 4.79 Å². The monoisotopic (exact) mass is 236 g/mol. The van der Waals surface area contributed by atoms with E-state index >= 15 is 0 Å². The number of hydrogen-bond acceptors (Lipinski definition) is 2. The average molecular weight is 236 g/mol. The summed E-state index contributed by atoms with van der Waals surface area (Å²) >= 11 is 0. The minimum absolute atomic E-state index is 0.0831. The molecule has 0 radical (unpaired) electrons. The topological polar surface area (TPSA) is 78.4 Å². The van der Waals surface area contributed by atoms with E-state index in [4.69, 9.17) is 5.11 Å². The molecule has 0 aromatic heterocycles. The lowest BCUT2D eigenvalue weighted by Crippen LogP contribution is -2.30. The molecule has 0 bridgehead atoms. The summed E-state index contributed by atoms with van der Waals surface area (Å²) in [6.45, 7) is 3.95. The standard InChI is InChI=1S/C12H16N2O3/c1-8-3-4-9(2)10(7-8)14-12(17)13-6-5-11(15)16/h3-4,7H,5-6H2,1-2H3,(H,15,16)(H2,13,14,17). The molecule has 1 rings (SSSR count). The zero-order valence-electron chi connectivity index (χ0n) is 9.91. The highest BCUT2D eigenvalue weighted by Crippen LogP contribution is 2.15. The largest absolute Gasteiger partial charge is 0.481 e. The van der Waals surface area contributed by atoms with E-state index in [1.807, 2.05) is 32.0 Å². The van der Waals surface area contributed by atoms with Crippen molar-refractivity contribution in [2.75, 3.05) is 11.9 Å². The van der Waals surface area contributed by atoms with E-state index in [9.17, 15) is 9.59 Å². The van der Waals surface area contributed by atoms with Crippen LogP contribution in [0.2, 0.25) is 0 Å².